The average Bonchev–Trinajstić information content (AvgIpc) is 2.59. The van der Waals surface area contributed by atoms with Crippen molar-refractivity contribution >= 4 is 17.4 Å². The van der Waals surface area contributed by atoms with Crippen LogP contribution in [0.3, 0.4) is 0 Å². The summed E-state index contributed by atoms with van der Waals surface area (Å²) >= 11 is 6.50. The fraction of sp³-hybridized carbons (Fsp3) is 0.350. The summed E-state index contributed by atoms with van der Waals surface area (Å²) < 4.78 is 16.6. The molecule has 1 aliphatic carbocycles. The maximum atomic E-state index is 12.4. The van der Waals surface area contributed by atoms with Crippen LogP contribution in [0.5, 0.6) is 17.2 Å². The summed E-state index contributed by atoms with van der Waals surface area (Å²) in [6.07, 6.45) is 0.746. The van der Waals surface area contributed by atoms with Gasteiger partial charge in [-0.05, 0) is 35.7 Å². The third-order valence-corrected chi connectivity index (χ3v) is 5.07. The van der Waals surface area contributed by atoms with Crippen molar-refractivity contribution in [3.8, 4) is 17.2 Å². The molecule has 3 rings (SSSR count). The molecule has 2 aromatic rings. The summed E-state index contributed by atoms with van der Waals surface area (Å²) in [5, 5.41) is 0.655. The predicted molar refractivity (Wildman–Crippen MR) is 97.5 cm³/mol. The molecule has 0 bridgehead atoms. The first-order valence-corrected chi connectivity index (χ1v) is 8.48. The van der Waals surface area contributed by atoms with Crippen LogP contribution in [0.4, 0.5) is 0 Å². The molecule has 0 radical (unpaired) electrons. The second-order valence-corrected chi connectivity index (χ2v) is 6.57. The van der Waals surface area contributed by atoms with E-state index in [4.69, 9.17) is 25.8 Å². The number of ether oxygens (including phenoxy) is 3. The van der Waals surface area contributed by atoms with Gasteiger partial charge in [0.25, 0.3) is 0 Å². The van der Waals surface area contributed by atoms with Crippen molar-refractivity contribution in [3.63, 3.8) is 0 Å². The number of Topliss-reactive ketones (excluding diaryl/α,β-unsaturated/α-hetero) is 1. The maximum Gasteiger partial charge on any atom is 0.203 e. The molecule has 25 heavy (non-hydrogen) atoms. The normalized spacial score (nSPS) is 16.4. The fourth-order valence-electron chi connectivity index (χ4n) is 3.70. The summed E-state index contributed by atoms with van der Waals surface area (Å²) in [5.74, 6) is 1.70. The van der Waals surface area contributed by atoms with Crippen LogP contribution in [0.2, 0.25) is 5.02 Å². The zero-order chi connectivity index (χ0) is 18.1. The van der Waals surface area contributed by atoms with Gasteiger partial charge in [-0.15, -0.1) is 0 Å². The van der Waals surface area contributed by atoms with E-state index in [9.17, 15) is 4.79 Å². The van der Waals surface area contributed by atoms with Gasteiger partial charge in [-0.3, -0.25) is 4.79 Å². The predicted octanol–water partition coefficient (Wildman–Crippen LogP) is 4.32. The van der Waals surface area contributed by atoms with E-state index >= 15 is 0 Å². The number of fused-ring (bicyclic) bond motifs is 1. The average molecular weight is 361 g/mol. The minimum Gasteiger partial charge on any atom is -0.493 e. The molecule has 4 nitrogen and oxygen atoms in total. The van der Waals surface area contributed by atoms with Gasteiger partial charge in [0.1, 0.15) is 5.78 Å². The van der Waals surface area contributed by atoms with Gasteiger partial charge in [-0.25, -0.2) is 0 Å². The van der Waals surface area contributed by atoms with Gasteiger partial charge in [0, 0.05) is 29.3 Å². The highest BCUT2D eigenvalue weighted by Gasteiger charge is 2.34. The van der Waals surface area contributed by atoms with E-state index in [0.29, 0.717) is 35.1 Å². The number of ketones is 1. The summed E-state index contributed by atoms with van der Waals surface area (Å²) in [6, 6.07) is 7.65. The van der Waals surface area contributed by atoms with Crippen molar-refractivity contribution in [1.82, 2.24) is 0 Å². The summed E-state index contributed by atoms with van der Waals surface area (Å²) in [6.45, 7) is 2.01. The molecule has 0 aliphatic heterocycles. The van der Waals surface area contributed by atoms with Gasteiger partial charge in [0.2, 0.25) is 5.75 Å². The van der Waals surface area contributed by atoms with E-state index in [1.165, 1.54) is 0 Å². The lowest BCUT2D eigenvalue weighted by molar-refractivity contribution is -0.119. The second kappa shape index (κ2) is 6.96. The molecule has 0 saturated heterocycles. The van der Waals surface area contributed by atoms with Crippen molar-refractivity contribution in [3.05, 3.63) is 51.5 Å². The summed E-state index contributed by atoms with van der Waals surface area (Å²) in [5.41, 5.74) is 3.87. The Morgan fingerprint density at radius 2 is 1.76 bits per heavy atom. The van der Waals surface area contributed by atoms with Crippen molar-refractivity contribution < 1.29 is 19.0 Å². The summed E-state index contributed by atoms with van der Waals surface area (Å²) in [7, 11) is 4.76. The Balaban J connectivity index is 2.32. The number of methoxy groups -OCH3 is 3. The van der Waals surface area contributed by atoms with Gasteiger partial charge in [-0.1, -0.05) is 23.7 Å². The molecular formula is C20H21ClO4. The SMILES string of the molecule is COc1cc2c(c(OC)c1OC)C(c1c(C)cccc1Cl)CC(=O)C2. The highest BCUT2D eigenvalue weighted by Crippen LogP contribution is 2.50. The van der Waals surface area contributed by atoms with E-state index in [-0.39, 0.29) is 11.7 Å². The molecule has 1 unspecified atom stereocenters. The largest absolute Gasteiger partial charge is 0.493 e. The molecule has 0 aromatic heterocycles. The third kappa shape index (κ3) is 2.95. The fourth-order valence-corrected chi connectivity index (χ4v) is 4.06. The van der Waals surface area contributed by atoms with Gasteiger partial charge in [0.05, 0.1) is 21.3 Å². The number of rotatable bonds is 4. The molecule has 1 atom stereocenters. The molecule has 0 fully saturated rings. The molecule has 0 heterocycles. The van der Waals surface area contributed by atoms with Crippen LogP contribution in [0, 0.1) is 6.92 Å². The molecule has 0 amide bonds. The van der Waals surface area contributed by atoms with Crippen molar-refractivity contribution in [2.75, 3.05) is 21.3 Å². The van der Waals surface area contributed by atoms with Gasteiger partial charge < -0.3 is 14.2 Å². The monoisotopic (exact) mass is 360 g/mol. The van der Waals surface area contributed by atoms with E-state index < -0.39 is 0 Å². The smallest absolute Gasteiger partial charge is 0.203 e. The molecule has 132 valence electrons. The van der Waals surface area contributed by atoms with Gasteiger partial charge in [0.15, 0.2) is 11.5 Å². The van der Waals surface area contributed by atoms with E-state index in [1.54, 1.807) is 21.3 Å². The highest BCUT2D eigenvalue weighted by molar-refractivity contribution is 6.31. The lowest BCUT2D eigenvalue weighted by Crippen LogP contribution is -2.21. The zero-order valence-corrected chi connectivity index (χ0v) is 15.6. The van der Waals surface area contributed by atoms with Crippen LogP contribution in [0.15, 0.2) is 24.3 Å². The minimum atomic E-state index is -0.167. The van der Waals surface area contributed by atoms with Crippen molar-refractivity contribution in [1.29, 1.82) is 0 Å². The third-order valence-electron chi connectivity index (χ3n) is 4.74. The molecule has 5 heteroatoms. The molecule has 2 aromatic carbocycles. The van der Waals surface area contributed by atoms with E-state index in [0.717, 1.165) is 22.3 Å². The topological polar surface area (TPSA) is 44.8 Å². The maximum absolute atomic E-state index is 12.4. The van der Waals surface area contributed by atoms with Crippen molar-refractivity contribution in [2.24, 2.45) is 0 Å². The second-order valence-electron chi connectivity index (χ2n) is 6.16. The molecule has 0 N–H and O–H groups in total. The van der Waals surface area contributed by atoms with Crippen LogP contribution < -0.4 is 14.2 Å². The Morgan fingerprint density at radius 3 is 2.36 bits per heavy atom. The van der Waals surface area contributed by atoms with E-state index in [1.807, 2.05) is 31.2 Å². The number of benzene rings is 2. The van der Waals surface area contributed by atoms with Crippen LogP contribution in [-0.2, 0) is 11.2 Å². The Kier molecular flexibility index (Phi) is 4.91. The first-order valence-electron chi connectivity index (χ1n) is 8.10. The Morgan fingerprint density at radius 1 is 1.04 bits per heavy atom. The Hall–Kier alpha value is -2.20. The summed E-state index contributed by atoms with van der Waals surface area (Å²) in [4.78, 5) is 12.4. The molecule has 0 saturated carbocycles. The van der Waals surface area contributed by atoms with Crippen LogP contribution in [0.1, 0.15) is 34.6 Å². The Bertz CT molecular complexity index is 809. The zero-order valence-electron chi connectivity index (χ0n) is 14.8. The van der Waals surface area contributed by atoms with Crippen LogP contribution in [-0.4, -0.2) is 27.1 Å². The number of carbonyl (C=O) groups is 1. The van der Waals surface area contributed by atoms with E-state index in [2.05, 4.69) is 0 Å². The van der Waals surface area contributed by atoms with Crippen LogP contribution >= 0.6 is 11.6 Å². The van der Waals surface area contributed by atoms with Crippen molar-refractivity contribution in [2.45, 2.75) is 25.7 Å². The lowest BCUT2D eigenvalue weighted by atomic mass is 9.76. The van der Waals surface area contributed by atoms with Gasteiger partial charge in [-0.2, -0.15) is 0 Å². The molecular weight excluding hydrogens is 340 g/mol. The quantitative estimate of drug-likeness (QED) is 0.814. The highest BCUT2D eigenvalue weighted by atomic mass is 35.5. The minimum absolute atomic E-state index is 0.167. The standard InChI is InChI=1S/C20H21ClO4/c1-11-6-5-7-15(21)17(11)14-10-13(22)8-12-9-16(23-2)19(24-3)20(25-4)18(12)14/h5-7,9,14H,8,10H2,1-4H3. The number of aryl methyl sites for hydroxylation is 1. The lowest BCUT2D eigenvalue weighted by Gasteiger charge is -2.30. The van der Waals surface area contributed by atoms with Crippen LogP contribution in [0.25, 0.3) is 0 Å². The molecule has 0 spiro atoms. The molecule has 1 aliphatic rings. The number of halogens is 1. The Labute approximate surface area is 152 Å². The number of carbonyl (C=O) groups excluding carboxylic acids is 1. The first-order chi connectivity index (χ1) is 12.0. The first kappa shape index (κ1) is 17.6. The number of hydrogen-bond donors (Lipinski definition) is 0. The van der Waals surface area contributed by atoms with Gasteiger partial charge >= 0.3 is 0 Å². The number of hydrogen-bond acceptors (Lipinski definition) is 4.